The average molecular weight is 319 g/mol. The third-order valence-electron chi connectivity index (χ3n) is 3.32. The van der Waals surface area contributed by atoms with E-state index in [4.69, 9.17) is 16.3 Å². The lowest BCUT2D eigenvalue weighted by Gasteiger charge is -2.33. The van der Waals surface area contributed by atoms with Gasteiger partial charge in [0.15, 0.2) is 0 Å². The molecule has 1 heterocycles. The van der Waals surface area contributed by atoms with Gasteiger partial charge in [-0.15, -0.1) is 0 Å². The number of rotatable bonds is 3. The number of anilines is 1. The van der Waals surface area contributed by atoms with Gasteiger partial charge in [0.25, 0.3) is 0 Å². The number of halogens is 2. The minimum atomic E-state index is 0.420. The topological polar surface area (TPSA) is 12.5 Å². The minimum absolute atomic E-state index is 0.420. The molecule has 2 rings (SSSR count). The number of benzene rings is 1. The lowest BCUT2D eigenvalue weighted by atomic mass is 10.1. The second kappa shape index (κ2) is 6.07. The summed E-state index contributed by atoms with van der Waals surface area (Å²) >= 11 is 9.65. The Morgan fingerprint density at radius 2 is 2.12 bits per heavy atom. The van der Waals surface area contributed by atoms with E-state index in [2.05, 4.69) is 39.0 Å². The summed E-state index contributed by atoms with van der Waals surface area (Å²) in [5, 5.41) is 1.64. The van der Waals surface area contributed by atoms with Gasteiger partial charge in [-0.05, 0) is 30.5 Å². The molecule has 94 valence electrons. The van der Waals surface area contributed by atoms with E-state index in [-0.39, 0.29) is 0 Å². The molecule has 1 fully saturated rings. The molecule has 1 aromatic carbocycles. The van der Waals surface area contributed by atoms with Crippen molar-refractivity contribution >= 4 is 33.2 Å². The van der Waals surface area contributed by atoms with Gasteiger partial charge in [0.1, 0.15) is 0 Å². The maximum absolute atomic E-state index is 6.22. The molecular weight excluding hydrogens is 302 g/mol. The van der Waals surface area contributed by atoms with Crippen LogP contribution >= 0.6 is 27.5 Å². The number of nitrogens with zero attached hydrogens (tertiary/aromatic N) is 1. The van der Waals surface area contributed by atoms with E-state index in [1.165, 1.54) is 5.69 Å². The zero-order valence-corrected chi connectivity index (χ0v) is 12.3. The molecule has 0 atom stereocenters. The Kier molecular flexibility index (Phi) is 4.71. The summed E-state index contributed by atoms with van der Waals surface area (Å²) in [7, 11) is 1.79. The Balaban J connectivity index is 2.06. The monoisotopic (exact) mass is 317 g/mol. The summed E-state index contributed by atoms with van der Waals surface area (Å²) in [6.07, 6.45) is 2.60. The van der Waals surface area contributed by atoms with Crippen LogP contribution in [0.5, 0.6) is 0 Å². The van der Waals surface area contributed by atoms with Crippen LogP contribution in [0.4, 0.5) is 5.69 Å². The van der Waals surface area contributed by atoms with E-state index in [1.54, 1.807) is 7.11 Å². The molecule has 0 saturated carbocycles. The first-order chi connectivity index (χ1) is 8.24. The first-order valence-electron chi connectivity index (χ1n) is 5.86. The fourth-order valence-electron chi connectivity index (χ4n) is 2.19. The molecule has 0 aromatic heterocycles. The van der Waals surface area contributed by atoms with Crippen LogP contribution in [0.3, 0.4) is 0 Å². The summed E-state index contributed by atoms with van der Waals surface area (Å²) < 4.78 is 5.38. The van der Waals surface area contributed by atoms with Crippen LogP contribution < -0.4 is 4.90 Å². The Bertz CT molecular complexity index is 378. The number of hydrogen-bond acceptors (Lipinski definition) is 2. The van der Waals surface area contributed by atoms with Gasteiger partial charge in [0, 0.05) is 36.2 Å². The van der Waals surface area contributed by atoms with Gasteiger partial charge in [-0.2, -0.15) is 0 Å². The molecule has 2 nitrogen and oxygen atoms in total. The van der Waals surface area contributed by atoms with Gasteiger partial charge >= 0.3 is 0 Å². The molecule has 4 heteroatoms. The van der Waals surface area contributed by atoms with Crippen LogP contribution in [-0.2, 0) is 10.1 Å². The summed E-state index contributed by atoms with van der Waals surface area (Å²) in [5.41, 5.74) is 2.36. The fourth-order valence-corrected chi connectivity index (χ4v) is 3.08. The predicted octanol–water partition coefficient (Wildman–Crippen LogP) is 3.85. The minimum Gasteiger partial charge on any atom is -0.381 e. The molecule has 0 radical (unpaired) electrons. The second-order valence-electron chi connectivity index (χ2n) is 4.33. The number of methoxy groups -OCH3 is 1. The van der Waals surface area contributed by atoms with Crippen LogP contribution in [0.15, 0.2) is 18.2 Å². The van der Waals surface area contributed by atoms with E-state index >= 15 is 0 Å². The Morgan fingerprint density at radius 1 is 1.41 bits per heavy atom. The summed E-state index contributed by atoms with van der Waals surface area (Å²) in [6, 6.07) is 6.30. The lowest BCUT2D eigenvalue weighted by Crippen LogP contribution is -2.36. The molecule has 0 spiro atoms. The SMILES string of the molecule is COC1CCN(c2ccc(CBr)c(Cl)c2)CC1. The largest absolute Gasteiger partial charge is 0.381 e. The highest BCUT2D eigenvalue weighted by atomic mass is 79.9. The molecule has 0 aliphatic carbocycles. The molecule has 1 aliphatic heterocycles. The normalized spacial score (nSPS) is 17.5. The van der Waals surface area contributed by atoms with Gasteiger partial charge in [0.05, 0.1) is 6.10 Å². The quantitative estimate of drug-likeness (QED) is 0.785. The third-order valence-corrected chi connectivity index (χ3v) is 4.28. The van der Waals surface area contributed by atoms with Crippen molar-refractivity contribution in [2.24, 2.45) is 0 Å². The zero-order valence-electron chi connectivity index (χ0n) is 9.96. The molecule has 0 bridgehead atoms. The number of piperidine rings is 1. The zero-order chi connectivity index (χ0) is 12.3. The molecule has 1 aliphatic rings. The standard InChI is InChI=1S/C13H17BrClNO/c1-17-12-4-6-16(7-5-12)11-3-2-10(9-14)13(15)8-11/h2-3,8,12H,4-7,9H2,1H3. The van der Waals surface area contributed by atoms with Crippen LogP contribution in [-0.4, -0.2) is 26.3 Å². The Hall–Kier alpha value is -0.250. The molecule has 0 unspecified atom stereocenters. The molecule has 1 saturated heterocycles. The number of alkyl halides is 1. The highest BCUT2D eigenvalue weighted by Crippen LogP contribution is 2.27. The van der Waals surface area contributed by atoms with E-state index in [0.717, 1.165) is 41.8 Å². The second-order valence-corrected chi connectivity index (χ2v) is 5.30. The van der Waals surface area contributed by atoms with E-state index in [1.807, 2.05) is 0 Å². The molecular formula is C13H17BrClNO. The van der Waals surface area contributed by atoms with E-state index in [0.29, 0.717) is 6.10 Å². The van der Waals surface area contributed by atoms with Crippen LogP contribution in [0.25, 0.3) is 0 Å². The first kappa shape index (κ1) is 13.2. The maximum Gasteiger partial charge on any atom is 0.0605 e. The lowest BCUT2D eigenvalue weighted by molar-refractivity contribution is 0.0819. The van der Waals surface area contributed by atoms with Gasteiger partial charge < -0.3 is 9.64 Å². The third kappa shape index (κ3) is 3.15. The van der Waals surface area contributed by atoms with Crippen LogP contribution in [0.2, 0.25) is 5.02 Å². The predicted molar refractivity (Wildman–Crippen MR) is 76.3 cm³/mol. The fraction of sp³-hybridized carbons (Fsp3) is 0.538. The van der Waals surface area contributed by atoms with E-state index in [9.17, 15) is 0 Å². The van der Waals surface area contributed by atoms with Crippen molar-refractivity contribution in [1.29, 1.82) is 0 Å². The average Bonchev–Trinajstić information content (AvgIpc) is 2.39. The number of ether oxygens (including phenoxy) is 1. The number of hydrogen-bond donors (Lipinski definition) is 0. The van der Waals surface area contributed by atoms with Crippen molar-refractivity contribution in [3.63, 3.8) is 0 Å². The Labute approximate surface area is 116 Å². The van der Waals surface area contributed by atoms with Gasteiger partial charge in [-0.1, -0.05) is 33.6 Å². The van der Waals surface area contributed by atoms with Crippen molar-refractivity contribution in [3.05, 3.63) is 28.8 Å². The first-order valence-corrected chi connectivity index (χ1v) is 7.36. The van der Waals surface area contributed by atoms with Crippen molar-refractivity contribution in [2.45, 2.75) is 24.3 Å². The van der Waals surface area contributed by atoms with Crippen molar-refractivity contribution < 1.29 is 4.74 Å². The molecule has 1 aromatic rings. The van der Waals surface area contributed by atoms with Crippen molar-refractivity contribution in [3.8, 4) is 0 Å². The molecule has 17 heavy (non-hydrogen) atoms. The van der Waals surface area contributed by atoms with Crippen LogP contribution in [0.1, 0.15) is 18.4 Å². The molecule has 0 amide bonds. The Morgan fingerprint density at radius 3 is 2.65 bits per heavy atom. The molecule has 0 N–H and O–H groups in total. The summed E-state index contributed by atoms with van der Waals surface area (Å²) in [6.45, 7) is 2.09. The summed E-state index contributed by atoms with van der Waals surface area (Å²) in [4.78, 5) is 2.37. The smallest absolute Gasteiger partial charge is 0.0605 e. The van der Waals surface area contributed by atoms with Gasteiger partial charge in [0.2, 0.25) is 0 Å². The maximum atomic E-state index is 6.22. The highest BCUT2D eigenvalue weighted by Gasteiger charge is 2.19. The van der Waals surface area contributed by atoms with Crippen LogP contribution in [0, 0.1) is 0 Å². The van der Waals surface area contributed by atoms with Gasteiger partial charge in [-0.25, -0.2) is 0 Å². The van der Waals surface area contributed by atoms with E-state index < -0.39 is 0 Å². The van der Waals surface area contributed by atoms with Crippen molar-refractivity contribution in [2.75, 3.05) is 25.1 Å². The highest BCUT2D eigenvalue weighted by molar-refractivity contribution is 9.08. The van der Waals surface area contributed by atoms with Crippen molar-refractivity contribution in [1.82, 2.24) is 0 Å². The van der Waals surface area contributed by atoms with Gasteiger partial charge in [-0.3, -0.25) is 0 Å². The summed E-state index contributed by atoms with van der Waals surface area (Å²) in [5.74, 6) is 0.